The summed E-state index contributed by atoms with van der Waals surface area (Å²) in [5, 5.41) is 4.75. The van der Waals surface area contributed by atoms with E-state index in [0.717, 1.165) is 52.0 Å². The van der Waals surface area contributed by atoms with Crippen molar-refractivity contribution in [2.24, 2.45) is 0 Å². The fourth-order valence-electron chi connectivity index (χ4n) is 4.24. The average Bonchev–Trinajstić information content (AvgIpc) is 3.04. The summed E-state index contributed by atoms with van der Waals surface area (Å²) in [6, 6.07) is 0.504. The van der Waals surface area contributed by atoms with E-state index in [9.17, 15) is 4.79 Å². The van der Waals surface area contributed by atoms with Gasteiger partial charge in [-0.25, -0.2) is 0 Å². The standard InChI is InChI=1S/C21H35N5O/c1-5-7-11-24(4)17-8-9-19-18(16-17)20(22-26(19)10-6-2)21(27)25-14-12-23(3)13-15-25/h6,17H,2,5,7-16H2,1,3-4H3. The molecule has 27 heavy (non-hydrogen) atoms. The van der Waals surface area contributed by atoms with E-state index < -0.39 is 0 Å². The summed E-state index contributed by atoms with van der Waals surface area (Å²) in [5.74, 6) is 0.110. The summed E-state index contributed by atoms with van der Waals surface area (Å²) in [6.45, 7) is 11.3. The molecule has 6 heteroatoms. The molecule has 0 N–H and O–H groups in total. The van der Waals surface area contributed by atoms with Crippen LogP contribution in [0.25, 0.3) is 0 Å². The molecule has 1 amide bonds. The highest BCUT2D eigenvalue weighted by atomic mass is 16.2. The van der Waals surface area contributed by atoms with Gasteiger partial charge in [0.05, 0.1) is 6.54 Å². The molecule has 0 saturated carbocycles. The maximum absolute atomic E-state index is 13.2. The summed E-state index contributed by atoms with van der Waals surface area (Å²) < 4.78 is 2.01. The number of fused-ring (bicyclic) bond motifs is 1. The molecule has 1 aliphatic carbocycles. The number of nitrogens with zero attached hydrogens (tertiary/aromatic N) is 5. The number of carbonyl (C=O) groups is 1. The van der Waals surface area contributed by atoms with Crippen LogP contribution in [0.4, 0.5) is 0 Å². The van der Waals surface area contributed by atoms with Crippen LogP contribution in [0, 0.1) is 0 Å². The number of unbranched alkanes of at least 4 members (excludes halogenated alkanes) is 1. The molecule has 0 spiro atoms. The smallest absolute Gasteiger partial charge is 0.274 e. The molecule has 1 aromatic rings. The summed E-state index contributed by atoms with van der Waals surface area (Å²) >= 11 is 0. The van der Waals surface area contributed by atoms with Gasteiger partial charge in [-0.3, -0.25) is 9.48 Å². The SMILES string of the molecule is C=CCn1nc(C(=O)N2CCN(C)CC2)c2c1CCC(N(C)CCCC)C2. The quantitative estimate of drug-likeness (QED) is 0.686. The van der Waals surface area contributed by atoms with Crippen molar-refractivity contribution in [3.05, 3.63) is 29.6 Å². The summed E-state index contributed by atoms with van der Waals surface area (Å²) in [4.78, 5) is 20.0. The predicted octanol–water partition coefficient (Wildman–Crippen LogP) is 2.05. The molecule has 1 aromatic heterocycles. The van der Waals surface area contributed by atoms with Crippen LogP contribution in [0.1, 0.15) is 47.9 Å². The molecule has 2 aliphatic rings. The van der Waals surface area contributed by atoms with Crippen molar-refractivity contribution < 1.29 is 4.79 Å². The Balaban J connectivity index is 1.82. The van der Waals surface area contributed by atoms with Crippen molar-refractivity contribution in [3.63, 3.8) is 0 Å². The van der Waals surface area contributed by atoms with Crippen molar-refractivity contribution in [1.29, 1.82) is 0 Å². The zero-order valence-corrected chi connectivity index (χ0v) is 17.3. The molecule has 1 unspecified atom stereocenters. The maximum Gasteiger partial charge on any atom is 0.274 e. The van der Waals surface area contributed by atoms with Gasteiger partial charge in [0.25, 0.3) is 5.91 Å². The van der Waals surface area contributed by atoms with Gasteiger partial charge in [0, 0.05) is 43.5 Å². The number of carbonyl (C=O) groups excluding carboxylic acids is 1. The highest BCUT2D eigenvalue weighted by molar-refractivity contribution is 5.94. The lowest BCUT2D eigenvalue weighted by molar-refractivity contribution is 0.0655. The number of hydrogen-bond donors (Lipinski definition) is 0. The summed E-state index contributed by atoms with van der Waals surface area (Å²) in [6.07, 6.45) is 7.37. The van der Waals surface area contributed by atoms with E-state index in [-0.39, 0.29) is 5.91 Å². The number of rotatable bonds is 7. The fraction of sp³-hybridized carbons (Fsp3) is 0.714. The molecule has 1 atom stereocenters. The van der Waals surface area contributed by atoms with Gasteiger partial charge >= 0.3 is 0 Å². The van der Waals surface area contributed by atoms with E-state index >= 15 is 0 Å². The summed E-state index contributed by atoms with van der Waals surface area (Å²) in [5.41, 5.74) is 3.11. The molecule has 2 heterocycles. The first-order valence-corrected chi connectivity index (χ1v) is 10.4. The van der Waals surface area contributed by atoms with Crippen LogP contribution >= 0.6 is 0 Å². The van der Waals surface area contributed by atoms with E-state index in [1.165, 1.54) is 24.1 Å². The van der Waals surface area contributed by atoms with E-state index in [1.54, 1.807) is 0 Å². The van der Waals surface area contributed by atoms with Crippen molar-refractivity contribution in [3.8, 4) is 0 Å². The highest BCUT2D eigenvalue weighted by Crippen LogP contribution is 2.28. The van der Waals surface area contributed by atoms with Crippen LogP contribution in [0.2, 0.25) is 0 Å². The zero-order chi connectivity index (χ0) is 19.4. The Labute approximate surface area is 163 Å². The lowest BCUT2D eigenvalue weighted by Gasteiger charge is -2.33. The molecule has 0 aromatic carbocycles. The van der Waals surface area contributed by atoms with Gasteiger partial charge < -0.3 is 14.7 Å². The van der Waals surface area contributed by atoms with Crippen LogP contribution in [0.15, 0.2) is 12.7 Å². The minimum Gasteiger partial charge on any atom is -0.335 e. The average molecular weight is 374 g/mol. The zero-order valence-electron chi connectivity index (χ0n) is 17.3. The third-order valence-corrected chi connectivity index (χ3v) is 6.10. The Hall–Kier alpha value is -1.66. The predicted molar refractivity (Wildman–Crippen MR) is 109 cm³/mol. The van der Waals surface area contributed by atoms with Crippen LogP contribution in [-0.4, -0.2) is 83.2 Å². The second kappa shape index (κ2) is 9.02. The topological polar surface area (TPSA) is 44.6 Å². The van der Waals surface area contributed by atoms with Gasteiger partial charge in [-0.15, -0.1) is 6.58 Å². The third kappa shape index (κ3) is 4.43. The first-order valence-electron chi connectivity index (χ1n) is 10.4. The monoisotopic (exact) mass is 373 g/mol. The number of amides is 1. The second-order valence-electron chi connectivity index (χ2n) is 8.07. The molecular formula is C21H35N5O. The minimum atomic E-state index is 0.110. The van der Waals surface area contributed by atoms with Crippen LogP contribution in [0.5, 0.6) is 0 Å². The molecule has 6 nitrogen and oxygen atoms in total. The number of aromatic nitrogens is 2. The fourth-order valence-corrected chi connectivity index (χ4v) is 4.24. The molecule has 0 radical (unpaired) electrons. The van der Waals surface area contributed by atoms with Crippen LogP contribution in [-0.2, 0) is 19.4 Å². The molecule has 3 rings (SSSR count). The van der Waals surface area contributed by atoms with Crippen molar-refractivity contribution in [2.45, 2.75) is 51.6 Å². The highest BCUT2D eigenvalue weighted by Gasteiger charge is 2.32. The Morgan fingerprint density at radius 1 is 1.33 bits per heavy atom. The van der Waals surface area contributed by atoms with E-state index in [0.29, 0.717) is 18.3 Å². The Kier molecular flexibility index (Phi) is 6.71. The largest absolute Gasteiger partial charge is 0.335 e. The van der Waals surface area contributed by atoms with Gasteiger partial charge in [-0.05, 0) is 46.3 Å². The van der Waals surface area contributed by atoms with Gasteiger partial charge in [-0.1, -0.05) is 19.4 Å². The number of allylic oxidation sites excluding steroid dienone is 1. The van der Waals surface area contributed by atoms with Gasteiger partial charge in [0.15, 0.2) is 5.69 Å². The Morgan fingerprint density at radius 3 is 2.74 bits per heavy atom. The van der Waals surface area contributed by atoms with Gasteiger partial charge in [-0.2, -0.15) is 5.10 Å². The number of likely N-dealkylation sites (N-methyl/N-ethyl adjacent to an activating group) is 2. The number of hydrogen-bond acceptors (Lipinski definition) is 4. The molecule has 1 fully saturated rings. The van der Waals surface area contributed by atoms with E-state index in [2.05, 4.69) is 37.4 Å². The van der Waals surface area contributed by atoms with Crippen LogP contribution < -0.4 is 0 Å². The summed E-state index contributed by atoms with van der Waals surface area (Å²) in [7, 11) is 4.33. The third-order valence-electron chi connectivity index (χ3n) is 6.10. The lowest BCUT2D eigenvalue weighted by atomic mass is 9.90. The Morgan fingerprint density at radius 2 is 2.07 bits per heavy atom. The van der Waals surface area contributed by atoms with Gasteiger partial charge in [0.1, 0.15) is 0 Å². The normalized spacial score (nSPS) is 20.7. The second-order valence-corrected chi connectivity index (χ2v) is 8.07. The van der Waals surface area contributed by atoms with E-state index in [4.69, 9.17) is 5.10 Å². The Bertz CT molecular complexity index is 660. The molecule has 1 aliphatic heterocycles. The minimum absolute atomic E-state index is 0.110. The van der Waals surface area contributed by atoms with Crippen LogP contribution in [0.3, 0.4) is 0 Å². The lowest BCUT2D eigenvalue weighted by Crippen LogP contribution is -2.47. The maximum atomic E-state index is 13.2. The van der Waals surface area contributed by atoms with Crippen molar-refractivity contribution in [2.75, 3.05) is 46.8 Å². The molecule has 150 valence electrons. The van der Waals surface area contributed by atoms with Crippen molar-refractivity contribution in [1.82, 2.24) is 24.5 Å². The van der Waals surface area contributed by atoms with Crippen molar-refractivity contribution >= 4 is 5.91 Å². The molecule has 1 saturated heterocycles. The van der Waals surface area contributed by atoms with E-state index in [1.807, 2.05) is 15.7 Å². The first kappa shape index (κ1) is 20.1. The molecular weight excluding hydrogens is 338 g/mol. The van der Waals surface area contributed by atoms with Gasteiger partial charge in [0.2, 0.25) is 0 Å². The first-order chi connectivity index (χ1) is 13.0. The number of piperazine rings is 1. The molecule has 0 bridgehead atoms.